The van der Waals surface area contributed by atoms with Gasteiger partial charge in [-0.15, -0.1) is 0 Å². The monoisotopic (exact) mass is 392 g/mol. The Hall–Kier alpha value is -2.03. The lowest BCUT2D eigenvalue weighted by Crippen LogP contribution is -2.44. The minimum Gasteiger partial charge on any atom is -0.760 e. The van der Waals surface area contributed by atoms with E-state index in [4.69, 9.17) is 8.76 Å². The zero-order valence-corrected chi connectivity index (χ0v) is 16.7. The van der Waals surface area contributed by atoms with E-state index in [1.807, 2.05) is 32.0 Å². The summed E-state index contributed by atoms with van der Waals surface area (Å²) in [5.74, 6) is 0. The van der Waals surface area contributed by atoms with Gasteiger partial charge in [0.25, 0.3) is 10.9 Å². The molecular formula is C19H26N3O4S-. The van der Waals surface area contributed by atoms with E-state index < -0.39 is 22.1 Å². The van der Waals surface area contributed by atoms with Crippen LogP contribution in [0.15, 0.2) is 27.8 Å². The van der Waals surface area contributed by atoms with Crippen LogP contribution in [0.5, 0.6) is 0 Å². The second kappa shape index (κ2) is 8.77. The molecule has 2 aromatic rings. The second-order valence-corrected chi connectivity index (χ2v) is 7.81. The van der Waals surface area contributed by atoms with E-state index in [0.717, 1.165) is 29.7 Å². The Morgan fingerprint density at radius 1 is 1.07 bits per heavy atom. The van der Waals surface area contributed by atoms with E-state index in [1.165, 1.54) is 19.3 Å². The fraction of sp³-hybridized carbons (Fsp3) is 0.474. The molecule has 148 valence electrons. The van der Waals surface area contributed by atoms with Crippen molar-refractivity contribution < 1.29 is 8.76 Å². The summed E-state index contributed by atoms with van der Waals surface area (Å²) in [7, 11) is 0. The number of rotatable bonds is 4. The molecule has 1 unspecified atom stereocenters. The van der Waals surface area contributed by atoms with Gasteiger partial charge >= 0.3 is 0 Å². The summed E-state index contributed by atoms with van der Waals surface area (Å²) in [4.78, 5) is 24.0. The third-order valence-electron chi connectivity index (χ3n) is 5.16. The summed E-state index contributed by atoms with van der Waals surface area (Å²) in [6.07, 6.45) is 5.65. The Labute approximate surface area is 161 Å². The number of nitrogens with two attached hydrogens (primary N) is 1. The first-order valence-corrected chi connectivity index (χ1v) is 10.1. The van der Waals surface area contributed by atoms with Gasteiger partial charge in [0.15, 0.2) is 0 Å². The molecule has 0 aromatic heterocycles. The van der Waals surface area contributed by atoms with Crippen molar-refractivity contribution in [3.05, 3.63) is 49.8 Å². The summed E-state index contributed by atoms with van der Waals surface area (Å²) in [5.41, 5.74) is 3.10. The number of hydrogen-bond donors (Lipinski definition) is 3. The lowest BCUT2D eigenvalue weighted by atomic mass is 9.83. The number of aryl methyl sites for hydroxylation is 1. The zero-order chi connectivity index (χ0) is 20.2. The normalized spacial score (nSPS) is 16.9. The van der Waals surface area contributed by atoms with Gasteiger partial charge in [0.05, 0.1) is 0 Å². The molecule has 1 atom stereocenters. The maximum absolute atomic E-state index is 12.0. The van der Waals surface area contributed by atoms with Crippen LogP contribution >= 0.6 is 0 Å². The molecule has 0 radical (unpaired) electrons. The topological polar surface area (TPSA) is 124 Å². The lowest BCUT2D eigenvalue weighted by Gasteiger charge is -2.36. The molecule has 0 spiro atoms. The minimum absolute atomic E-state index is 0.0848. The van der Waals surface area contributed by atoms with Crippen LogP contribution in [0.3, 0.4) is 0 Å². The first kappa shape index (κ1) is 21.3. The van der Waals surface area contributed by atoms with E-state index in [-0.39, 0.29) is 5.54 Å². The van der Waals surface area contributed by atoms with Gasteiger partial charge in [-0.1, -0.05) is 31.4 Å². The zero-order valence-electron chi connectivity index (χ0n) is 15.9. The third-order valence-corrected chi connectivity index (χ3v) is 5.16. The molecule has 0 aliphatic heterocycles. The largest absolute Gasteiger partial charge is 0.760 e. The van der Waals surface area contributed by atoms with Gasteiger partial charge < -0.3 is 15.2 Å². The van der Waals surface area contributed by atoms with Crippen molar-refractivity contribution in [2.45, 2.75) is 58.4 Å². The van der Waals surface area contributed by atoms with Crippen molar-refractivity contribution in [2.24, 2.45) is 5.14 Å². The molecule has 1 aliphatic carbocycles. The molecule has 1 fully saturated rings. The van der Waals surface area contributed by atoms with E-state index in [0.29, 0.717) is 11.4 Å². The second-order valence-electron chi connectivity index (χ2n) is 7.29. The van der Waals surface area contributed by atoms with Crippen molar-refractivity contribution >= 4 is 28.3 Å². The fourth-order valence-electron chi connectivity index (χ4n) is 3.41. The van der Waals surface area contributed by atoms with Gasteiger partial charge in [0, 0.05) is 22.5 Å². The van der Waals surface area contributed by atoms with Crippen LogP contribution in [-0.2, 0) is 11.3 Å². The fourth-order valence-corrected chi connectivity index (χ4v) is 3.41. The highest BCUT2D eigenvalue weighted by molar-refractivity contribution is 7.76. The van der Waals surface area contributed by atoms with E-state index in [9.17, 15) is 9.59 Å². The Bertz CT molecular complexity index is 893. The molecule has 0 heterocycles. The SMILES string of the molecule is Cc1cccc(Nc2c(NC3(C)CCCCC3)c(=O)c2=O)c1C.NS(=O)[O-]. The first-order chi connectivity index (χ1) is 12.6. The molecule has 0 saturated heterocycles. The summed E-state index contributed by atoms with van der Waals surface area (Å²) in [6, 6.07) is 5.92. The van der Waals surface area contributed by atoms with Gasteiger partial charge in [-0.05, 0) is 50.8 Å². The van der Waals surface area contributed by atoms with E-state index in [1.54, 1.807) is 0 Å². The van der Waals surface area contributed by atoms with Crippen LogP contribution in [0.4, 0.5) is 17.1 Å². The number of hydrogen-bond acceptors (Lipinski definition) is 6. The molecule has 27 heavy (non-hydrogen) atoms. The van der Waals surface area contributed by atoms with Gasteiger partial charge in [-0.3, -0.25) is 18.9 Å². The Morgan fingerprint density at radius 2 is 1.63 bits per heavy atom. The number of benzene rings is 1. The Morgan fingerprint density at radius 3 is 2.22 bits per heavy atom. The summed E-state index contributed by atoms with van der Waals surface area (Å²) in [6.45, 7) is 6.19. The van der Waals surface area contributed by atoms with Crippen LogP contribution in [0.25, 0.3) is 0 Å². The average molecular weight is 393 g/mol. The lowest BCUT2D eigenvalue weighted by molar-refractivity contribution is 0.349. The average Bonchev–Trinajstić information content (AvgIpc) is 2.61. The first-order valence-electron chi connectivity index (χ1n) is 8.93. The quantitative estimate of drug-likeness (QED) is 0.542. The number of anilines is 3. The van der Waals surface area contributed by atoms with Crippen molar-refractivity contribution in [1.82, 2.24) is 0 Å². The molecule has 4 N–H and O–H groups in total. The summed E-state index contributed by atoms with van der Waals surface area (Å²) < 4.78 is 17.6. The molecular weight excluding hydrogens is 366 g/mol. The maximum Gasteiger partial charge on any atom is 0.253 e. The maximum atomic E-state index is 12.0. The number of nitrogens with one attached hydrogen (secondary N) is 2. The van der Waals surface area contributed by atoms with E-state index >= 15 is 0 Å². The smallest absolute Gasteiger partial charge is 0.253 e. The standard InChI is InChI=1S/C19H24N2O2.H3NO2S/c1-12-8-7-9-14(13(12)2)20-15-16(18(23)17(15)22)21-19(3)10-5-4-6-11-19;1-4(2)3/h7-9,20-21H,4-6,10-11H2,1-3H3;1H2,(H,2,3)/p-1. The highest BCUT2D eigenvalue weighted by Crippen LogP contribution is 2.33. The van der Waals surface area contributed by atoms with Crippen LogP contribution < -0.4 is 26.6 Å². The van der Waals surface area contributed by atoms with Gasteiger partial charge in [-0.25, -0.2) is 0 Å². The third kappa shape index (κ3) is 5.24. The molecule has 0 amide bonds. The van der Waals surface area contributed by atoms with Crippen molar-refractivity contribution in [1.29, 1.82) is 0 Å². The van der Waals surface area contributed by atoms with Crippen molar-refractivity contribution in [3.8, 4) is 0 Å². The van der Waals surface area contributed by atoms with Crippen LogP contribution in [-0.4, -0.2) is 14.3 Å². The predicted molar refractivity (Wildman–Crippen MR) is 109 cm³/mol. The Balaban J connectivity index is 0.000000596. The van der Waals surface area contributed by atoms with Crippen molar-refractivity contribution in [3.63, 3.8) is 0 Å². The van der Waals surface area contributed by atoms with Gasteiger partial charge in [-0.2, -0.15) is 0 Å². The molecule has 7 nitrogen and oxygen atoms in total. The van der Waals surface area contributed by atoms with Crippen LogP contribution in [0.1, 0.15) is 50.2 Å². The minimum atomic E-state index is -2.36. The van der Waals surface area contributed by atoms with Crippen LogP contribution in [0, 0.1) is 13.8 Å². The molecule has 3 rings (SSSR count). The highest BCUT2D eigenvalue weighted by atomic mass is 32.2. The molecule has 0 bridgehead atoms. The molecule has 2 aromatic carbocycles. The van der Waals surface area contributed by atoms with E-state index in [2.05, 4.69) is 22.7 Å². The Kier molecular flexibility index (Phi) is 6.91. The molecule has 1 saturated carbocycles. The molecule has 8 heteroatoms. The van der Waals surface area contributed by atoms with Crippen LogP contribution in [0.2, 0.25) is 0 Å². The van der Waals surface area contributed by atoms with Gasteiger partial charge in [0.2, 0.25) is 0 Å². The molecule has 1 aliphatic rings. The predicted octanol–water partition coefficient (Wildman–Crippen LogP) is 2.52. The summed E-state index contributed by atoms with van der Waals surface area (Å²) in [5, 5.41) is 10.6. The summed E-state index contributed by atoms with van der Waals surface area (Å²) >= 11 is -2.36. The van der Waals surface area contributed by atoms with Gasteiger partial charge in [0.1, 0.15) is 11.4 Å². The van der Waals surface area contributed by atoms with Crippen molar-refractivity contribution in [2.75, 3.05) is 10.6 Å². The highest BCUT2D eigenvalue weighted by Gasteiger charge is 2.31.